The molecule has 1 fully saturated rings. The topological polar surface area (TPSA) is 28.2 Å². The number of pyridine rings is 1. The number of halogens is 1. The molecular formula is C13H20BrN3. The highest BCUT2D eigenvalue weighted by Gasteiger charge is 2.22. The maximum atomic E-state index is 4.58. The molecule has 1 aromatic rings. The SMILES string of the molecule is CNCc1cc(Br)cnc1N(C)C1CCCC1. The van der Waals surface area contributed by atoms with Gasteiger partial charge in [-0.2, -0.15) is 0 Å². The van der Waals surface area contributed by atoms with Gasteiger partial charge in [-0.1, -0.05) is 12.8 Å². The first-order valence-corrected chi connectivity index (χ1v) is 7.03. The van der Waals surface area contributed by atoms with Crippen LogP contribution in [0.25, 0.3) is 0 Å². The van der Waals surface area contributed by atoms with Crippen LogP contribution in [0.2, 0.25) is 0 Å². The molecule has 0 bridgehead atoms. The molecule has 1 N–H and O–H groups in total. The van der Waals surface area contributed by atoms with E-state index in [0.717, 1.165) is 16.8 Å². The lowest BCUT2D eigenvalue weighted by Crippen LogP contribution is -2.31. The van der Waals surface area contributed by atoms with Crippen LogP contribution < -0.4 is 10.2 Å². The second kappa shape index (κ2) is 5.83. The molecule has 1 aromatic heterocycles. The van der Waals surface area contributed by atoms with E-state index in [1.54, 1.807) is 0 Å². The van der Waals surface area contributed by atoms with E-state index in [9.17, 15) is 0 Å². The van der Waals surface area contributed by atoms with Crippen molar-refractivity contribution in [3.05, 3.63) is 22.3 Å². The van der Waals surface area contributed by atoms with Crippen LogP contribution in [0.1, 0.15) is 31.2 Å². The highest BCUT2D eigenvalue weighted by molar-refractivity contribution is 9.10. The average Bonchev–Trinajstić information content (AvgIpc) is 2.82. The second-order valence-electron chi connectivity index (χ2n) is 4.72. The molecule has 0 amide bonds. The van der Waals surface area contributed by atoms with Crippen LogP contribution in [-0.4, -0.2) is 25.1 Å². The summed E-state index contributed by atoms with van der Waals surface area (Å²) in [6.45, 7) is 0.860. The average molecular weight is 298 g/mol. The van der Waals surface area contributed by atoms with Crippen molar-refractivity contribution in [2.45, 2.75) is 38.3 Å². The fraction of sp³-hybridized carbons (Fsp3) is 0.615. The maximum Gasteiger partial charge on any atom is 0.133 e. The van der Waals surface area contributed by atoms with E-state index in [1.165, 1.54) is 31.2 Å². The molecule has 17 heavy (non-hydrogen) atoms. The smallest absolute Gasteiger partial charge is 0.133 e. The van der Waals surface area contributed by atoms with Crippen LogP contribution >= 0.6 is 15.9 Å². The molecule has 0 saturated heterocycles. The normalized spacial score (nSPS) is 16.4. The zero-order chi connectivity index (χ0) is 12.3. The largest absolute Gasteiger partial charge is 0.356 e. The van der Waals surface area contributed by atoms with Gasteiger partial charge in [-0.3, -0.25) is 0 Å². The number of hydrogen-bond acceptors (Lipinski definition) is 3. The lowest BCUT2D eigenvalue weighted by Gasteiger charge is -2.27. The summed E-state index contributed by atoms with van der Waals surface area (Å²) >= 11 is 3.49. The van der Waals surface area contributed by atoms with Gasteiger partial charge in [-0.15, -0.1) is 0 Å². The minimum absolute atomic E-state index is 0.666. The van der Waals surface area contributed by atoms with E-state index in [-0.39, 0.29) is 0 Å². The summed E-state index contributed by atoms with van der Waals surface area (Å²) in [5.74, 6) is 1.12. The predicted molar refractivity (Wildman–Crippen MR) is 75.4 cm³/mol. The highest BCUT2D eigenvalue weighted by Crippen LogP contribution is 2.28. The summed E-state index contributed by atoms with van der Waals surface area (Å²) in [4.78, 5) is 6.93. The van der Waals surface area contributed by atoms with Crippen LogP contribution in [0.4, 0.5) is 5.82 Å². The van der Waals surface area contributed by atoms with Crippen molar-refractivity contribution in [2.24, 2.45) is 0 Å². The molecule has 0 unspecified atom stereocenters. The van der Waals surface area contributed by atoms with Gasteiger partial charge in [-0.05, 0) is 41.9 Å². The van der Waals surface area contributed by atoms with Crippen molar-refractivity contribution in [1.29, 1.82) is 0 Å². The molecule has 0 radical (unpaired) electrons. The number of hydrogen-bond donors (Lipinski definition) is 1. The summed E-state index contributed by atoms with van der Waals surface area (Å²) in [5.41, 5.74) is 1.26. The molecule has 0 aliphatic heterocycles. The van der Waals surface area contributed by atoms with Gasteiger partial charge in [0.2, 0.25) is 0 Å². The number of rotatable bonds is 4. The van der Waals surface area contributed by atoms with Crippen LogP contribution in [0.15, 0.2) is 16.7 Å². The minimum Gasteiger partial charge on any atom is -0.356 e. The van der Waals surface area contributed by atoms with Gasteiger partial charge >= 0.3 is 0 Å². The molecule has 1 aliphatic carbocycles. The van der Waals surface area contributed by atoms with Crippen LogP contribution in [0.5, 0.6) is 0 Å². The molecule has 3 nitrogen and oxygen atoms in total. The van der Waals surface area contributed by atoms with E-state index in [0.29, 0.717) is 6.04 Å². The summed E-state index contributed by atoms with van der Waals surface area (Å²) in [6.07, 6.45) is 7.19. The molecule has 0 aromatic carbocycles. The molecule has 0 spiro atoms. The van der Waals surface area contributed by atoms with Crippen LogP contribution in [0, 0.1) is 0 Å². The zero-order valence-electron chi connectivity index (χ0n) is 10.5. The Morgan fingerprint density at radius 3 is 2.82 bits per heavy atom. The van der Waals surface area contributed by atoms with E-state index in [2.05, 4.69) is 44.2 Å². The van der Waals surface area contributed by atoms with E-state index in [1.807, 2.05) is 13.2 Å². The molecule has 1 heterocycles. The first-order chi connectivity index (χ1) is 8.22. The summed E-state index contributed by atoms with van der Waals surface area (Å²) in [6, 6.07) is 2.82. The Bertz CT molecular complexity index is 375. The van der Waals surface area contributed by atoms with E-state index >= 15 is 0 Å². The van der Waals surface area contributed by atoms with Crippen molar-refractivity contribution in [2.75, 3.05) is 19.0 Å². The molecule has 4 heteroatoms. The lowest BCUT2D eigenvalue weighted by molar-refractivity contribution is 0.640. The predicted octanol–water partition coefficient (Wildman–Crippen LogP) is 2.94. The fourth-order valence-corrected chi connectivity index (χ4v) is 2.96. The van der Waals surface area contributed by atoms with Gasteiger partial charge in [-0.25, -0.2) is 4.98 Å². The first-order valence-electron chi connectivity index (χ1n) is 6.24. The Balaban J connectivity index is 2.23. The molecule has 1 saturated carbocycles. The number of anilines is 1. The van der Waals surface area contributed by atoms with E-state index < -0.39 is 0 Å². The molecule has 2 rings (SSSR count). The molecular weight excluding hydrogens is 278 g/mol. The summed E-state index contributed by atoms with van der Waals surface area (Å²) in [7, 11) is 4.14. The highest BCUT2D eigenvalue weighted by atomic mass is 79.9. The summed E-state index contributed by atoms with van der Waals surface area (Å²) < 4.78 is 1.05. The Hall–Kier alpha value is -0.610. The van der Waals surface area contributed by atoms with Crippen molar-refractivity contribution in [1.82, 2.24) is 10.3 Å². The Morgan fingerprint density at radius 1 is 1.47 bits per heavy atom. The standard InChI is InChI=1S/C13H20BrN3/c1-15-8-10-7-11(14)9-16-13(10)17(2)12-5-3-4-6-12/h7,9,12,15H,3-6,8H2,1-2H3. The van der Waals surface area contributed by atoms with Gasteiger partial charge in [0.25, 0.3) is 0 Å². The van der Waals surface area contributed by atoms with Gasteiger partial charge in [0.1, 0.15) is 5.82 Å². The van der Waals surface area contributed by atoms with Crippen molar-refractivity contribution in [3.8, 4) is 0 Å². The molecule has 0 atom stereocenters. The monoisotopic (exact) mass is 297 g/mol. The zero-order valence-corrected chi connectivity index (χ0v) is 12.1. The first kappa shape index (κ1) is 12.8. The van der Waals surface area contributed by atoms with Crippen LogP contribution in [0.3, 0.4) is 0 Å². The lowest BCUT2D eigenvalue weighted by atomic mass is 10.2. The van der Waals surface area contributed by atoms with Crippen molar-refractivity contribution >= 4 is 21.7 Å². The van der Waals surface area contributed by atoms with Gasteiger partial charge < -0.3 is 10.2 Å². The van der Waals surface area contributed by atoms with Gasteiger partial charge in [0.05, 0.1) is 0 Å². The number of nitrogens with zero attached hydrogens (tertiary/aromatic N) is 2. The van der Waals surface area contributed by atoms with Gasteiger partial charge in [0.15, 0.2) is 0 Å². The van der Waals surface area contributed by atoms with E-state index in [4.69, 9.17) is 0 Å². The fourth-order valence-electron chi connectivity index (χ4n) is 2.58. The van der Waals surface area contributed by atoms with Gasteiger partial charge in [0, 0.05) is 35.9 Å². The number of aromatic nitrogens is 1. The quantitative estimate of drug-likeness (QED) is 0.926. The van der Waals surface area contributed by atoms with Crippen molar-refractivity contribution < 1.29 is 0 Å². The third-order valence-electron chi connectivity index (χ3n) is 3.48. The summed E-state index contributed by atoms with van der Waals surface area (Å²) in [5, 5.41) is 3.21. The molecule has 1 aliphatic rings. The Morgan fingerprint density at radius 2 is 2.18 bits per heavy atom. The maximum absolute atomic E-state index is 4.58. The Kier molecular flexibility index (Phi) is 4.40. The number of nitrogens with one attached hydrogen (secondary N) is 1. The van der Waals surface area contributed by atoms with Crippen LogP contribution in [-0.2, 0) is 6.54 Å². The third-order valence-corrected chi connectivity index (χ3v) is 3.92. The second-order valence-corrected chi connectivity index (χ2v) is 5.63. The third kappa shape index (κ3) is 2.99. The Labute approximate surface area is 112 Å². The molecule has 94 valence electrons. The minimum atomic E-state index is 0.666. The van der Waals surface area contributed by atoms with Crippen molar-refractivity contribution in [3.63, 3.8) is 0 Å².